The van der Waals surface area contributed by atoms with Crippen LogP contribution in [0, 0.1) is 22.7 Å². The number of rotatable bonds is 4. The van der Waals surface area contributed by atoms with Gasteiger partial charge in [0.1, 0.15) is 0 Å². The van der Waals surface area contributed by atoms with Crippen LogP contribution in [0.4, 0.5) is 0 Å². The molecule has 1 fully saturated rings. The zero-order chi connectivity index (χ0) is 11.0. The van der Waals surface area contributed by atoms with Gasteiger partial charge in [0.05, 0.1) is 0 Å². The Balaban J connectivity index is 2.62. The molecular formula is C14H28. The van der Waals surface area contributed by atoms with E-state index < -0.39 is 0 Å². The molecule has 0 aliphatic heterocycles. The second kappa shape index (κ2) is 3.87. The molecule has 0 heterocycles. The van der Waals surface area contributed by atoms with Gasteiger partial charge in [0.25, 0.3) is 0 Å². The van der Waals surface area contributed by atoms with Gasteiger partial charge in [0, 0.05) is 0 Å². The molecular weight excluding hydrogens is 168 g/mol. The first-order chi connectivity index (χ1) is 6.35. The number of unbranched alkanes of at least 4 members (excludes halogenated alkanes) is 1. The van der Waals surface area contributed by atoms with Gasteiger partial charge in [-0.15, -0.1) is 0 Å². The van der Waals surface area contributed by atoms with Crippen LogP contribution in [0.2, 0.25) is 0 Å². The lowest BCUT2D eigenvalue weighted by Gasteiger charge is -2.60. The van der Waals surface area contributed by atoms with E-state index in [1.807, 2.05) is 0 Å². The Bertz CT molecular complexity index is 192. The molecule has 0 nitrogen and oxygen atoms in total. The largest absolute Gasteiger partial charge is 0.0654 e. The van der Waals surface area contributed by atoms with Crippen molar-refractivity contribution in [1.82, 2.24) is 0 Å². The van der Waals surface area contributed by atoms with Crippen LogP contribution < -0.4 is 0 Å². The molecule has 0 N–H and O–H groups in total. The van der Waals surface area contributed by atoms with E-state index in [0.717, 1.165) is 11.8 Å². The summed E-state index contributed by atoms with van der Waals surface area (Å²) < 4.78 is 0. The molecule has 1 saturated carbocycles. The summed E-state index contributed by atoms with van der Waals surface area (Å²) in [4.78, 5) is 0. The Morgan fingerprint density at radius 1 is 1.29 bits per heavy atom. The van der Waals surface area contributed by atoms with Crippen LogP contribution in [-0.4, -0.2) is 0 Å². The summed E-state index contributed by atoms with van der Waals surface area (Å²) in [7, 11) is 0. The maximum Gasteiger partial charge on any atom is -0.0244 e. The normalized spacial score (nSPS) is 38.1. The molecule has 0 amide bonds. The summed E-state index contributed by atoms with van der Waals surface area (Å²) in [6, 6.07) is 0. The fourth-order valence-electron chi connectivity index (χ4n) is 3.30. The van der Waals surface area contributed by atoms with Gasteiger partial charge >= 0.3 is 0 Å². The van der Waals surface area contributed by atoms with Crippen LogP contribution >= 0.6 is 0 Å². The van der Waals surface area contributed by atoms with Crippen molar-refractivity contribution in [3.8, 4) is 0 Å². The SMILES string of the molecule is CCCCC(C)(C)C1(C)CC(C)C1C. The van der Waals surface area contributed by atoms with Gasteiger partial charge in [-0.25, -0.2) is 0 Å². The molecule has 0 bridgehead atoms. The lowest BCUT2D eigenvalue weighted by Crippen LogP contribution is -2.52. The van der Waals surface area contributed by atoms with Crippen molar-refractivity contribution in [3.63, 3.8) is 0 Å². The van der Waals surface area contributed by atoms with Crippen molar-refractivity contribution >= 4 is 0 Å². The molecule has 0 aromatic rings. The van der Waals surface area contributed by atoms with E-state index in [-0.39, 0.29) is 0 Å². The smallest absolute Gasteiger partial charge is 0.0244 e. The first-order valence-corrected chi connectivity index (χ1v) is 6.35. The Hall–Kier alpha value is 0. The predicted octanol–water partition coefficient (Wildman–Crippen LogP) is 4.89. The van der Waals surface area contributed by atoms with Gasteiger partial charge in [-0.3, -0.25) is 0 Å². The van der Waals surface area contributed by atoms with Gasteiger partial charge in [-0.1, -0.05) is 54.4 Å². The summed E-state index contributed by atoms with van der Waals surface area (Å²) >= 11 is 0. The first kappa shape index (κ1) is 12.1. The molecule has 0 radical (unpaired) electrons. The van der Waals surface area contributed by atoms with Gasteiger partial charge in [-0.2, -0.15) is 0 Å². The fourth-order valence-corrected chi connectivity index (χ4v) is 3.30. The molecule has 0 aromatic heterocycles. The predicted molar refractivity (Wildman–Crippen MR) is 64.4 cm³/mol. The maximum atomic E-state index is 2.51. The summed E-state index contributed by atoms with van der Waals surface area (Å²) in [6.07, 6.45) is 5.56. The molecule has 3 atom stereocenters. The van der Waals surface area contributed by atoms with Crippen molar-refractivity contribution in [2.75, 3.05) is 0 Å². The molecule has 1 rings (SSSR count). The lowest BCUT2D eigenvalue weighted by atomic mass is 9.45. The zero-order valence-corrected chi connectivity index (χ0v) is 11.0. The standard InChI is InChI=1S/C14H28/c1-7-8-9-13(4,5)14(6)10-11(2)12(14)3/h11-12H,7-10H2,1-6H3. The Morgan fingerprint density at radius 3 is 2.21 bits per heavy atom. The third-order valence-corrected chi connectivity index (χ3v) is 5.31. The van der Waals surface area contributed by atoms with Crippen molar-refractivity contribution in [2.24, 2.45) is 22.7 Å². The van der Waals surface area contributed by atoms with E-state index in [1.54, 1.807) is 0 Å². The molecule has 0 saturated heterocycles. The second-order valence-corrected chi connectivity index (χ2v) is 6.37. The second-order valence-electron chi connectivity index (χ2n) is 6.37. The van der Waals surface area contributed by atoms with E-state index >= 15 is 0 Å². The van der Waals surface area contributed by atoms with Crippen LogP contribution in [0.15, 0.2) is 0 Å². The third-order valence-electron chi connectivity index (χ3n) is 5.31. The highest BCUT2D eigenvalue weighted by molar-refractivity contribution is 5.02. The maximum absolute atomic E-state index is 2.51. The van der Waals surface area contributed by atoms with Crippen LogP contribution in [-0.2, 0) is 0 Å². The molecule has 0 aromatic carbocycles. The Morgan fingerprint density at radius 2 is 1.86 bits per heavy atom. The molecule has 3 unspecified atom stereocenters. The molecule has 14 heavy (non-hydrogen) atoms. The highest BCUT2D eigenvalue weighted by Gasteiger charge is 2.53. The third kappa shape index (κ3) is 1.73. The highest BCUT2D eigenvalue weighted by atomic mass is 14.6. The van der Waals surface area contributed by atoms with Crippen molar-refractivity contribution in [3.05, 3.63) is 0 Å². The van der Waals surface area contributed by atoms with Crippen molar-refractivity contribution in [2.45, 2.75) is 67.2 Å². The van der Waals surface area contributed by atoms with Gasteiger partial charge < -0.3 is 0 Å². The summed E-state index contributed by atoms with van der Waals surface area (Å²) in [5.41, 5.74) is 1.14. The Labute approximate surface area is 90.5 Å². The van der Waals surface area contributed by atoms with Gasteiger partial charge in [0.2, 0.25) is 0 Å². The van der Waals surface area contributed by atoms with Crippen LogP contribution in [0.3, 0.4) is 0 Å². The minimum atomic E-state index is 0.537. The van der Waals surface area contributed by atoms with Crippen molar-refractivity contribution < 1.29 is 0 Å². The monoisotopic (exact) mass is 196 g/mol. The zero-order valence-electron chi connectivity index (χ0n) is 11.0. The molecule has 0 spiro atoms. The van der Waals surface area contributed by atoms with Gasteiger partial charge in [-0.05, 0) is 35.5 Å². The molecule has 1 aliphatic rings. The number of hydrogen-bond donors (Lipinski definition) is 0. The summed E-state index contributed by atoms with van der Waals surface area (Å²) in [5.74, 6) is 1.86. The van der Waals surface area contributed by atoms with Crippen LogP contribution in [0.5, 0.6) is 0 Å². The van der Waals surface area contributed by atoms with Crippen molar-refractivity contribution in [1.29, 1.82) is 0 Å². The van der Waals surface area contributed by atoms with E-state index in [4.69, 9.17) is 0 Å². The lowest BCUT2D eigenvalue weighted by molar-refractivity contribution is -0.106. The fraction of sp³-hybridized carbons (Fsp3) is 1.00. The molecule has 1 aliphatic carbocycles. The van der Waals surface area contributed by atoms with Gasteiger partial charge in [0.15, 0.2) is 0 Å². The summed E-state index contributed by atoms with van der Waals surface area (Å²) in [6.45, 7) is 14.6. The Kier molecular flexibility index (Phi) is 3.33. The molecule has 0 heteroatoms. The molecule has 84 valence electrons. The topological polar surface area (TPSA) is 0 Å². The van der Waals surface area contributed by atoms with Crippen LogP contribution in [0.25, 0.3) is 0 Å². The first-order valence-electron chi connectivity index (χ1n) is 6.35. The van der Waals surface area contributed by atoms with E-state index in [2.05, 4.69) is 41.5 Å². The number of hydrogen-bond acceptors (Lipinski definition) is 0. The average Bonchev–Trinajstić information content (AvgIpc) is 2.14. The van der Waals surface area contributed by atoms with Crippen LogP contribution in [0.1, 0.15) is 67.2 Å². The van der Waals surface area contributed by atoms with E-state index in [9.17, 15) is 0 Å². The minimum Gasteiger partial charge on any atom is -0.0654 e. The quantitative estimate of drug-likeness (QED) is 0.601. The van der Waals surface area contributed by atoms with E-state index in [0.29, 0.717) is 10.8 Å². The van der Waals surface area contributed by atoms with E-state index in [1.165, 1.54) is 25.7 Å². The average molecular weight is 196 g/mol. The minimum absolute atomic E-state index is 0.537. The summed E-state index contributed by atoms with van der Waals surface area (Å²) in [5, 5.41) is 0. The highest BCUT2D eigenvalue weighted by Crippen LogP contribution is 2.61.